The van der Waals surface area contributed by atoms with Gasteiger partial charge in [-0.15, -0.1) is 0 Å². The van der Waals surface area contributed by atoms with Crippen molar-refractivity contribution in [2.45, 2.75) is 25.5 Å². The van der Waals surface area contributed by atoms with E-state index in [1.54, 1.807) is 12.1 Å². The minimum Gasteiger partial charge on any atom is -0.445 e. The van der Waals surface area contributed by atoms with E-state index in [4.69, 9.17) is 4.74 Å². The van der Waals surface area contributed by atoms with Gasteiger partial charge in [0, 0.05) is 13.0 Å². The van der Waals surface area contributed by atoms with Gasteiger partial charge in [0.15, 0.2) is 0 Å². The fourth-order valence-electron chi connectivity index (χ4n) is 3.11. The Morgan fingerprint density at radius 3 is 2.13 bits per heavy atom. The van der Waals surface area contributed by atoms with Gasteiger partial charge in [-0.2, -0.15) is 0 Å². The standard InChI is InChI=1S/C25H25FN2O3/c26-22-15-13-21(14-16-22)24(20-10-5-2-6-11-20)28-23(29)12-7-17-27-25(30)31-18-19-8-3-1-4-9-19/h1-6,8-11,13-16,24H,7,12,17-18H2,(H,27,30)(H,28,29). The summed E-state index contributed by atoms with van der Waals surface area (Å²) in [6, 6.07) is 24.6. The number of amides is 2. The number of rotatable bonds is 9. The van der Waals surface area contributed by atoms with Crippen molar-refractivity contribution < 1.29 is 18.7 Å². The van der Waals surface area contributed by atoms with E-state index in [0.717, 1.165) is 16.7 Å². The molecule has 0 radical (unpaired) electrons. The number of alkyl carbamates (subject to hydrolysis) is 1. The molecule has 0 heterocycles. The molecule has 1 atom stereocenters. The molecule has 0 fully saturated rings. The molecule has 160 valence electrons. The Balaban J connectivity index is 1.45. The third-order valence-electron chi connectivity index (χ3n) is 4.70. The van der Waals surface area contributed by atoms with E-state index in [-0.39, 0.29) is 30.8 Å². The van der Waals surface area contributed by atoms with Crippen molar-refractivity contribution in [2.24, 2.45) is 0 Å². The summed E-state index contributed by atoms with van der Waals surface area (Å²) in [6.45, 7) is 0.525. The first kappa shape index (κ1) is 22.0. The number of hydrogen-bond acceptors (Lipinski definition) is 3. The molecule has 0 aromatic heterocycles. The Morgan fingerprint density at radius 2 is 1.45 bits per heavy atom. The fourth-order valence-corrected chi connectivity index (χ4v) is 3.11. The lowest BCUT2D eigenvalue weighted by Crippen LogP contribution is -2.31. The smallest absolute Gasteiger partial charge is 0.407 e. The molecule has 3 aromatic rings. The van der Waals surface area contributed by atoms with Gasteiger partial charge in [-0.05, 0) is 35.2 Å². The van der Waals surface area contributed by atoms with Crippen molar-refractivity contribution in [3.63, 3.8) is 0 Å². The third-order valence-corrected chi connectivity index (χ3v) is 4.70. The second-order valence-corrected chi connectivity index (χ2v) is 7.05. The highest BCUT2D eigenvalue weighted by atomic mass is 19.1. The van der Waals surface area contributed by atoms with Crippen LogP contribution in [0.3, 0.4) is 0 Å². The van der Waals surface area contributed by atoms with Crippen molar-refractivity contribution in [1.29, 1.82) is 0 Å². The van der Waals surface area contributed by atoms with Crippen LogP contribution in [0.15, 0.2) is 84.9 Å². The molecule has 0 saturated heterocycles. The van der Waals surface area contributed by atoms with E-state index in [1.165, 1.54) is 12.1 Å². The highest BCUT2D eigenvalue weighted by Gasteiger charge is 2.16. The average molecular weight is 420 g/mol. The van der Waals surface area contributed by atoms with E-state index in [1.807, 2.05) is 60.7 Å². The second-order valence-electron chi connectivity index (χ2n) is 7.05. The number of nitrogens with one attached hydrogen (secondary N) is 2. The largest absolute Gasteiger partial charge is 0.445 e. The minimum absolute atomic E-state index is 0.155. The molecule has 3 aromatic carbocycles. The summed E-state index contributed by atoms with van der Waals surface area (Å²) in [4.78, 5) is 24.3. The maximum absolute atomic E-state index is 13.3. The first-order valence-corrected chi connectivity index (χ1v) is 10.2. The Morgan fingerprint density at radius 1 is 0.839 bits per heavy atom. The van der Waals surface area contributed by atoms with Crippen LogP contribution in [0.4, 0.5) is 9.18 Å². The van der Waals surface area contributed by atoms with Crippen molar-refractivity contribution in [3.05, 3.63) is 107 Å². The average Bonchev–Trinajstić information content (AvgIpc) is 2.81. The van der Waals surface area contributed by atoms with E-state index < -0.39 is 6.09 Å². The predicted molar refractivity (Wildman–Crippen MR) is 117 cm³/mol. The van der Waals surface area contributed by atoms with Crippen LogP contribution in [-0.4, -0.2) is 18.5 Å². The Hall–Kier alpha value is -3.67. The maximum atomic E-state index is 13.3. The number of carbonyl (C=O) groups excluding carboxylic acids is 2. The summed E-state index contributed by atoms with van der Waals surface area (Å²) in [5, 5.41) is 5.65. The molecular weight excluding hydrogens is 395 g/mol. The van der Waals surface area contributed by atoms with Gasteiger partial charge in [-0.3, -0.25) is 4.79 Å². The van der Waals surface area contributed by atoms with Crippen molar-refractivity contribution in [2.75, 3.05) is 6.54 Å². The summed E-state index contributed by atoms with van der Waals surface area (Å²) in [6.07, 6.45) is 0.193. The van der Waals surface area contributed by atoms with Crippen LogP contribution in [0, 0.1) is 5.82 Å². The van der Waals surface area contributed by atoms with Crippen LogP contribution in [0.1, 0.15) is 35.6 Å². The minimum atomic E-state index is -0.516. The van der Waals surface area contributed by atoms with Crippen LogP contribution < -0.4 is 10.6 Å². The Bertz CT molecular complexity index is 963. The van der Waals surface area contributed by atoms with Gasteiger partial charge in [0.05, 0.1) is 6.04 Å². The summed E-state index contributed by atoms with van der Waals surface area (Å²) >= 11 is 0. The van der Waals surface area contributed by atoms with Crippen LogP contribution in [0.2, 0.25) is 0 Å². The molecule has 6 heteroatoms. The maximum Gasteiger partial charge on any atom is 0.407 e. The molecular formula is C25H25FN2O3. The molecule has 0 aliphatic carbocycles. The Kier molecular flexibility index (Phi) is 8.17. The van der Waals surface area contributed by atoms with Crippen LogP contribution in [0.5, 0.6) is 0 Å². The molecule has 0 saturated carbocycles. The molecule has 0 aliphatic rings. The number of benzene rings is 3. The van der Waals surface area contributed by atoms with E-state index >= 15 is 0 Å². The molecule has 0 spiro atoms. The summed E-state index contributed by atoms with van der Waals surface area (Å²) in [5.74, 6) is -0.482. The molecule has 2 amide bonds. The zero-order valence-electron chi connectivity index (χ0n) is 17.1. The summed E-state index contributed by atoms with van der Waals surface area (Å²) < 4.78 is 18.4. The molecule has 1 unspecified atom stereocenters. The monoisotopic (exact) mass is 420 g/mol. The number of ether oxygens (including phenoxy) is 1. The first-order valence-electron chi connectivity index (χ1n) is 10.2. The molecule has 2 N–H and O–H groups in total. The lowest BCUT2D eigenvalue weighted by atomic mass is 9.98. The van der Waals surface area contributed by atoms with Crippen molar-refractivity contribution in [1.82, 2.24) is 10.6 Å². The molecule has 0 aliphatic heterocycles. The molecule has 31 heavy (non-hydrogen) atoms. The van der Waals surface area contributed by atoms with Gasteiger partial charge in [-0.25, -0.2) is 9.18 Å². The summed E-state index contributed by atoms with van der Waals surface area (Å²) in [5.41, 5.74) is 2.61. The van der Waals surface area contributed by atoms with Crippen LogP contribution >= 0.6 is 0 Å². The van der Waals surface area contributed by atoms with Crippen LogP contribution in [-0.2, 0) is 16.1 Å². The van der Waals surface area contributed by atoms with Gasteiger partial charge >= 0.3 is 6.09 Å². The van der Waals surface area contributed by atoms with E-state index in [9.17, 15) is 14.0 Å². The van der Waals surface area contributed by atoms with Gasteiger partial charge in [0.1, 0.15) is 12.4 Å². The van der Waals surface area contributed by atoms with E-state index in [0.29, 0.717) is 13.0 Å². The van der Waals surface area contributed by atoms with Gasteiger partial charge in [0.2, 0.25) is 5.91 Å². The number of carbonyl (C=O) groups is 2. The number of hydrogen-bond donors (Lipinski definition) is 2. The highest BCUT2D eigenvalue weighted by molar-refractivity contribution is 5.77. The zero-order valence-corrected chi connectivity index (χ0v) is 17.1. The SMILES string of the molecule is O=C(CCCNC(=O)OCc1ccccc1)NC(c1ccccc1)c1ccc(F)cc1. The van der Waals surface area contributed by atoms with Crippen LogP contribution in [0.25, 0.3) is 0 Å². The highest BCUT2D eigenvalue weighted by Crippen LogP contribution is 2.22. The topological polar surface area (TPSA) is 67.4 Å². The van der Waals surface area contributed by atoms with Gasteiger partial charge in [0.25, 0.3) is 0 Å². The molecule has 3 rings (SSSR count). The van der Waals surface area contributed by atoms with Gasteiger partial charge < -0.3 is 15.4 Å². The van der Waals surface area contributed by atoms with E-state index in [2.05, 4.69) is 10.6 Å². The number of halogens is 1. The Labute approximate surface area is 181 Å². The van der Waals surface area contributed by atoms with Gasteiger partial charge in [-0.1, -0.05) is 72.8 Å². The predicted octanol–water partition coefficient (Wildman–Crippen LogP) is 4.74. The second kappa shape index (κ2) is 11.5. The lowest BCUT2D eigenvalue weighted by molar-refractivity contribution is -0.121. The zero-order chi connectivity index (χ0) is 21.9. The summed E-state index contributed by atoms with van der Waals surface area (Å²) in [7, 11) is 0. The van der Waals surface area contributed by atoms with Crippen molar-refractivity contribution in [3.8, 4) is 0 Å². The molecule has 5 nitrogen and oxygen atoms in total. The lowest BCUT2D eigenvalue weighted by Gasteiger charge is -2.20. The fraction of sp³-hybridized carbons (Fsp3) is 0.200. The third kappa shape index (κ3) is 7.26. The quantitative estimate of drug-likeness (QED) is 0.492. The first-order chi connectivity index (χ1) is 15.1. The molecule has 0 bridgehead atoms. The van der Waals surface area contributed by atoms with Crippen molar-refractivity contribution >= 4 is 12.0 Å². The normalized spacial score (nSPS) is 11.4.